The van der Waals surface area contributed by atoms with Gasteiger partial charge in [0.25, 0.3) is 5.91 Å². The van der Waals surface area contributed by atoms with Crippen molar-refractivity contribution in [3.05, 3.63) is 24.3 Å². The first-order valence-corrected chi connectivity index (χ1v) is 8.38. The predicted octanol–water partition coefficient (Wildman–Crippen LogP) is 1.45. The lowest BCUT2D eigenvalue weighted by Gasteiger charge is -2.44. The molecule has 24 heavy (non-hydrogen) atoms. The average molecular weight is 337 g/mol. The highest BCUT2D eigenvalue weighted by atomic mass is 16.5. The lowest BCUT2D eigenvalue weighted by Crippen LogP contribution is -2.55. The first-order chi connectivity index (χ1) is 11.5. The second kappa shape index (κ2) is 8.35. The first kappa shape index (κ1) is 18.5. The van der Waals surface area contributed by atoms with Gasteiger partial charge in [0.1, 0.15) is 11.5 Å². The minimum atomic E-state index is -0.707. The molecule has 6 heteroatoms. The van der Waals surface area contributed by atoms with Crippen LogP contribution in [0.1, 0.15) is 26.2 Å². The van der Waals surface area contributed by atoms with E-state index >= 15 is 0 Å². The van der Waals surface area contributed by atoms with E-state index in [0.717, 1.165) is 18.6 Å². The Morgan fingerprint density at radius 1 is 1.33 bits per heavy atom. The smallest absolute Gasteiger partial charge is 0.260 e. The molecule has 0 bridgehead atoms. The van der Waals surface area contributed by atoms with Crippen LogP contribution < -0.4 is 9.47 Å². The van der Waals surface area contributed by atoms with E-state index in [-0.39, 0.29) is 25.7 Å². The summed E-state index contributed by atoms with van der Waals surface area (Å²) in [5, 5.41) is 20.1. The molecule has 1 aliphatic heterocycles. The van der Waals surface area contributed by atoms with Gasteiger partial charge in [-0.05, 0) is 37.1 Å². The van der Waals surface area contributed by atoms with Gasteiger partial charge in [0.05, 0.1) is 19.8 Å². The van der Waals surface area contributed by atoms with E-state index in [2.05, 4.69) is 0 Å². The molecule has 1 fully saturated rings. The number of piperidine rings is 1. The summed E-state index contributed by atoms with van der Waals surface area (Å²) in [6, 6.07) is 7.03. The van der Waals surface area contributed by atoms with Crippen molar-refractivity contribution in [2.45, 2.75) is 32.3 Å². The standard InChI is InChI=1S/C18H27NO5/c1-3-8-18(13-20)9-10-19(11-16(18)21)17(22)12-24-15-6-4-14(23-2)5-7-15/h4-7,16,20-21H,3,8-13H2,1-2H3/t16-,18+/m0/s1. The van der Waals surface area contributed by atoms with Crippen LogP contribution in [-0.4, -0.2) is 60.5 Å². The number of nitrogens with zero attached hydrogens (tertiary/aromatic N) is 1. The molecule has 2 N–H and O–H groups in total. The van der Waals surface area contributed by atoms with Crippen LogP contribution in [0, 0.1) is 5.41 Å². The summed E-state index contributed by atoms with van der Waals surface area (Å²) in [5.41, 5.74) is -0.484. The highest BCUT2D eigenvalue weighted by Crippen LogP contribution is 2.36. The third-order valence-corrected chi connectivity index (χ3v) is 4.82. The quantitative estimate of drug-likeness (QED) is 0.787. The van der Waals surface area contributed by atoms with Crippen molar-refractivity contribution in [2.75, 3.05) is 33.4 Å². The summed E-state index contributed by atoms with van der Waals surface area (Å²) < 4.78 is 10.6. The number of hydrogen-bond acceptors (Lipinski definition) is 5. The zero-order chi connectivity index (χ0) is 17.6. The maximum Gasteiger partial charge on any atom is 0.260 e. The van der Waals surface area contributed by atoms with Gasteiger partial charge < -0.3 is 24.6 Å². The molecule has 0 unspecified atom stereocenters. The van der Waals surface area contributed by atoms with E-state index in [1.165, 1.54) is 0 Å². The van der Waals surface area contributed by atoms with E-state index < -0.39 is 11.5 Å². The molecule has 6 nitrogen and oxygen atoms in total. The SMILES string of the molecule is CCC[C@]1(CO)CCN(C(=O)COc2ccc(OC)cc2)C[C@@H]1O. The van der Waals surface area contributed by atoms with Crippen LogP contribution in [0.3, 0.4) is 0 Å². The van der Waals surface area contributed by atoms with Crippen molar-refractivity contribution >= 4 is 5.91 Å². The van der Waals surface area contributed by atoms with Crippen LogP contribution in [0.4, 0.5) is 0 Å². The number of carbonyl (C=O) groups excluding carboxylic acids is 1. The largest absolute Gasteiger partial charge is 0.497 e. The van der Waals surface area contributed by atoms with Gasteiger partial charge in [0.15, 0.2) is 6.61 Å². The fourth-order valence-corrected chi connectivity index (χ4v) is 3.21. The number of rotatable bonds is 7. The molecule has 0 radical (unpaired) electrons. The molecule has 1 heterocycles. The molecule has 134 valence electrons. The highest BCUT2D eigenvalue weighted by Gasteiger charge is 2.42. The number of aliphatic hydroxyl groups is 2. The Bertz CT molecular complexity index is 533. The number of likely N-dealkylation sites (tertiary alicyclic amines) is 1. The molecule has 1 aromatic carbocycles. The molecule has 2 rings (SSSR count). The maximum absolute atomic E-state index is 12.3. The number of ether oxygens (including phenoxy) is 2. The van der Waals surface area contributed by atoms with Crippen LogP contribution in [0.15, 0.2) is 24.3 Å². The highest BCUT2D eigenvalue weighted by molar-refractivity contribution is 5.78. The molecule has 0 aromatic heterocycles. The van der Waals surface area contributed by atoms with Crippen LogP contribution in [-0.2, 0) is 4.79 Å². The van der Waals surface area contributed by atoms with Gasteiger partial charge >= 0.3 is 0 Å². The topological polar surface area (TPSA) is 79.2 Å². The molecule has 0 aliphatic carbocycles. The van der Waals surface area contributed by atoms with Gasteiger partial charge in [-0.3, -0.25) is 4.79 Å². The van der Waals surface area contributed by atoms with Gasteiger partial charge in [-0.25, -0.2) is 0 Å². The van der Waals surface area contributed by atoms with Crippen molar-refractivity contribution in [3.8, 4) is 11.5 Å². The molecule has 0 saturated carbocycles. The number of β-amino-alcohol motifs (C(OH)–C–C–N with tert-alkyl or cyclic N) is 1. The number of aliphatic hydroxyl groups excluding tert-OH is 2. The van der Waals surface area contributed by atoms with E-state index in [4.69, 9.17) is 9.47 Å². The van der Waals surface area contributed by atoms with Crippen LogP contribution >= 0.6 is 0 Å². The average Bonchev–Trinajstić information content (AvgIpc) is 2.62. The Kier molecular flexibility index (Phi) is 6.45. The summed E-state index contributed by atoms with van der Waals surface area (Å²) in [6.45, 7) is 2.68. The van der Waals surface area contributed by atoms with Crippen molar-refractivity contribution in [1.82, 2.24) is 4.90 Å². The fraction of sp³-hybridized carbons (Fsp3) is 0.611. The predicted molar refractivity (Wildman–Crippen MR) is 90.1 cm³/mol. The van der Waals surface area contributed by atoms with E-state index in [1.807, 2.05) is 6.92 Å². The number of carbonyl (C=O) groups is 1. The van der Waals surface area contributed by atoms with Crippen molar-refractivity contribution < 1.29 is 24.5 Å². The fourth-order valence-electron chi connectivity index (χ4n) is 3.21. The number of methoxy groups -OCH3 is 1. The minimum Gasteiger partial charge on any atom is -0.497 e. The lowest BCUT2D eigenvalue weighted by molar-refractivity contribution is -0.144. The van der Waals surface area contributed by atoms with Crippen LogP contribution in [0.5, 0.6) is 11.5 Å². The van der Waals surface area contributed by atoms with E-state index in [9.17, 15) is 15.0 Å². The normalized spacial score (nSPS) is 23.8. The Labute approximate surface area is 143 Å². The number of hydrogen-bond donors (Lipinski definition) is 2. The first-order valence-electron chi connectivity index (χ1n) is 8.38. The molecular weight excluding hydrogens is 310 g/mol. The van der Waals surface area contributed by atoms with Gasteiger partial charge in [-0.2, -0.15) is 0 Å². The van der Waals surface area contributed by atoms with Crippen LogP contribution in [0.25, 0.3) is 0 Å². The minimum absolute atomic E-state index is 0.0492. The third kappa shape index (κ3) is 4.19. The van der Waals surface area contributed by atoms with Crippen molar-refractivity contribution in [1.29, 1.82) is 0 Å². The van der Waals surface area contributed by atoms with E-state index in [1.54, 1.807) is 36.3 Å². The Hall–Kier alpha value is -1.79. The van der Waals surface area contributed by atoms with Gasteiger partial charge in [-0.15, -0.1) is 0 Å². The molecule has 1 aromatic rings. The van der Waals surface area contributed by atoms with Gasteiger partial charge in [-0.1, -0.05) is 13.3 Å². The van der Waals surface area contributed by atoms with Crippen LogP contribution in [0.2, 0.25) is 0 Å². The summed E-state index contributed by atoms with van der Waals surface area (Å²) in [5.74, 6) is 1.16. The molecule has 1 aliphatic rings. The summed E-state index contributed by atoms with van der Waals surface area (Å²) >= 11 is 0. The second-order valence-corrected chi connectivity index (χ2v) is 6.34. The van der Waals surface area contributed by atoms with Crippen molar-refractivity contribution in [3.63, 3.8) is 0 Å². The van der Waals surface area contributed by atoms with Gasteiger partial charge in [0.2, 0.25) is 0 Å². The Morgan fingerprint density at radius 3 is 2.54 bits per heavy atom. The summed E-state index contributed by atoms with van der Waals surface area (Å²) in [6.07, 6.45) is 1.55. The lowest BCUT2D eigenvalue weighted by atomic mass is 9.73. The van der Waals surface area contributed by atoms with Crippen molar-refractivity contribution in [2.24, 2.45) is 5.41 Å². The Morgan fingerprint density at radius 2 is 2.00 bits per heavy atom. The van der Waals surface area contributed by atoms with E-state index in [0.29, 0.717) is 18.7 Å². The second-order valence-electron chi connectivity index (χ2n) is 6.34. The zero-order valence-corrected chi connectivity index (χ0v) is 14.4. The number of amides is 1. The maximum atomic E-state index is 12.3. The zero-order valence-electron chi connectivity index (χ0n) is 14.4. The summed E-state index contributed by atoms with van der Waals surface area (Å²) in [4.78, 5) is 13.9. The molecule has 1 saturated heterocycles. The third-order valence-electron chi connectivity index (χ3n) is 4.82. The number of benzene rings is 1. The summed E-state index contributed by atoms with van der Waals surface area (Å²) in [7, 11) is 1.59. The molecular formula is C18H27NO5. The molecule has 1 amide bonds. The van der Waals surface area contributed by atoms with Gasteiger partial charge in [0, 0.05) is 18.5 Å². The monoisotopic (exact) mass is 337 g/mol. The Balaban J connectivity index is 1.87. The molecule has 2 atom stereocenters. The molecule has 0 spiro atoms.